The molecule has 0 aliphatic rings. The van der Waals surface area contributed by atoms with Gasteiger partial charge >= 0.3 is 0 Å². The number of amides is 2. The Bertz CT molecular complexity index is 767. The van der Waals surface area contributed by atoms with E-state index in [1.54, 1.807) is 49.4 Å². The first kappa shape index (κ1) is 18.9. The van der Waals surface area contributed by atoms with E-state index in [0.29, 0.717) is 16.1 Å². The zero-order chi connectivity index (χ0) is 18.4. The van der Waals surface area contributed by atoms with Crippen LogP contribution >= 0.6 is 11.6 Å². The summed E-state index contributed by atoms with van der Waals surface area (Å²) in [7, 11) is 1.50. The van der Waals surface area contributed by atoms with Gasteiger partial charge in [-0.15, -0.1) is 0 Å². The third-order valence-electron chi connectivity index (χ3n) is 4.01. The highest BCUT2D eigenvalue weighted by Gasteiger charge is 2.26. The first-order valence-corrected chi connectivity index (χ1v) is 8.29. The van der Waals surface area contributed by atoms with Crippen LogP contribution < -0.4 is 5.32 Å². The van der Waals surface area contributed by atoms with Crippen LogP contribution in [0.4, 0.5) is 4.39 Å². The van der Waals surface area contributed by atoms with Gasteiger partial charge in [0.15, 0.2) is 0 Å². The molecular weight excluding hydrogens is 343 g/mol. The second kappa shape index (κ2) is 8.62. The highest BCUT2D eigenvalue weighted by Crippen LogP contribution is 2.19. The number of halogens is 2. The number of nitrogens with zero attached hydrogens (tertiary/aromatic N) is 1. The van der Waals surface area contributed by atoms with E-state index in [1.807, 2.05) is 0 Å². The van der Waals surface area contributed by atoms with Gasteiger partial charge in [0, 0.05) is 24.2 Å². The fraction of sp³-hybridized carbons (Fsp3) is 0.263. The minimum absolute atomic E-state index is 0.00451. The summed E-state index contributed by atoms with van der Waals surface area (Å²) in [6, 6.07) is 12.5. The standard InChI is InChI=1S/C19H20ClFN2O2/c1-13(19(25)22-2)23(12-15-8-4-6-10-17(15)21)18(24)11-14-7-3-5-9-16(14)20/h3-10,13H,11-12H2,1-2H3,(H,22,25)/t13-/m1/s1. The van der Waals surface area contributed by atoms with Gasteiger partial charge in [0.2, 0.25) is 11.8 Å². The molecule has 1 atom stereocenters. The third-order valence-corrected chi connectivity index (χ3v) is 4.38. The van der Waals surface area contributed by atoms with Crippen LogP contribution in [0.3, 0.4) is 0 Å². The molecule has 0 heterocycles. The quantitative estimate of drug-likeness (QED) is 0.858. The molecule has 0 aliphatic heterocycles. The maximum atomic E-state index is 14.0. The number of benzene rings is 2. The summed E-state index contributed by atoms with van der Waals surface area (Å²) in [6.45, 7) is 1.62. The van der Waals surface area contributed by atoms with E-state index in [1.165, 1.54) is 18.0 Å². The molecule has 0 saturated carbocycles. The van der Waals surface area contributed by atoms with Crippen LogP contribution in [0, 0.1) is 5.82 Å². The van der Waals surface area contributed by atoms with E-state index >= 15 is 0 Å². The van der Waals surface area contributed by atoms with Crippen molar-refractivity contribution in [3.8, 4) is 0 Å². The summed E-state index contributed by atoms with van der Waals surface area (Å²) >= 11 is 6.12. The smallest absolute Gasteiger partial charge is 0.242 e. The highest BCUT2D eigenvalue weighted by molar-refractivity contribution is 6.31. The van der Waals surface area contributed by atoms with Crippen molar-refractivity contribution >= 4 is 23.4 Å². The van der Waals surface area contributed by atoms with Gasteiger partial charge in [0.05, 0.1) is 6.42 Å². The molecule has 2 rings (SSSR count). The van der Waals surface area contributed by atoms with Crippen molar-refractivity contribution in [1.29, 1.82) is 0 Å². The number of carbonyl (C=O) groups excluding carboxylic acids is 2. The van der Waals surface area contributed by atoms with Crippen molar-refractivity contribution < 1.29 is 14.0 Å². The van der Waals surface area contributed by atoms with Crippen LogP contribution in [0.15, 0.2) is 48.5 Å². The largest absolute Gasteiger partial charge is 0.357 e. The van der Waals surface area contributed by atoms with Crippen LogP contribution in [0.1, 0.15) is 18.1 Å². The summed E-state index contributed by atoms with van der Waals surface area (Å²) in [4.78, 5) is 26.2. The van der Waals surface area contributed by atoms with E-state index in [9.17, 15) is 14.0 Å². The molecule has 0 bridgehead atoms. The number of nitrogens with one attached hydrogen (secondary N) is 1. The van der Waals surface area contributed by atoms with Gasteiger partial charge in [0.1, 0.15) is 11.9 Å². The fourth-order valence-corrected chi connectivity index (χ4v) is 2.71. The molecular formula is C19H20ClFN2O2. The number of hydrogen-bond donors (Lipinski definition) is 1. The number of hydrogen-bond acceptors (Lipinski definition) is 2. The molecule has 25 heavy (non-hydrogen) atoms. The zero-order valence-corrected chi connectivity index (χ0v) is 14.9. The van der Waals surface area contributed by atoms with Gasteiger partial charge in [0.25, 0.3) is 0 Å². The second-order valence-electron chi connectivity index (χ2n) is 5.67. The predicted octanol–water partition coefficient (Wildman–Crippen LogP) is 3.18. The Kier molecular flexibility index (Phi) is 6.53. The van der Waals surface area contributed by atoms with Crippen LogP contribution in [-0.2, 0) is 22.6 Å². The van der Waals surface area contributed by atoms with Gasteiger partial charge in [-0.2, -0.15) is 0 Å². The molecule has 1 N–H and O–H groups in total. The summed E-state index contributed by atoms with van der Waals surface area (Å²) in [5.74, 6) is -1.03. The van der Waals surface area contributed by atoms with Crippen molar-refractivity contribution in [2.75, 3.05) is 7.05 Å². The predicted molar refractivity (Wildman–Crippen MR) is 95.6 cm³/mol. The molecule has 0 aromatic heterocycles. The van der Waals surface area contributed by atoms with Crippen LogP contribution in [0.25, 0.3) is 0 Å². The minimum Gasteiger partial charge on any atom is -0.357 e. The summed E-state index contributed by atoms with van der Waals surface area (Å²) < 4.78 is 14.0. The second-order valence-corrected chi connectivity index (χ2v) is 6.08. The van der Waals surface area contributed by atoms with Crippen molar-refractivity contribution in [1.82, 2.24) is 10.2 Å². The Morgan fingerprint density at radius 3 is 2.32 bits per heavy atom. The minimum atomic E-state index is -0.736. The van der Waals surface area contributed by atoms with E-state index in [-0.39, 0.29) is 24.8 Å². The first-order valence-electron chi connectivity index (χ1n) is 7.92. The van der Waals surface area contributed by atoms with Crippen LogP contribution in [-0.4, -0.2) is 29.8 Å². The lowest BCUT2D eigenvalue weighted by Gasteiger charge is -2.28. The third kappa shape index (κ3) is 4.79. The van der Waals surface area contributed by atoms with E-state index < -0.39 is 11.9 Å². The lowest BCUT2D eigenvalue weighted by molar-refractivity contribution is -0.139. The van der Waals surface area contributed by atoms with Gasteiger partial charge in [-0.3, -0.25) is 9.59 Å². The Morgan fingerprint density at radius 2 is 1.72 bits per heavy atom. The molecule has 0 radical (unpaired) electrons. The first-order chi connectivity index (χ1) is 11.9. The van der Waals surface area contributed by atoms with Crippen LogP contribution in [0.5, 0.6) is 0 Å². The van der Waals surface area contributed by atoms with Crippen molar-refractivity contribution in [2.24, 2.45) is 0 Å². The topological polar surface area (TPSA) is 49.4 Å². The molecule has 2 amide bonds. The van der Waals surface area contributed by atoms with E-state index in [0.717, 1.165) is 0 Å². The molecule has 6 heteroatoms. The Balaban J connectivity index is 2.27. The molecule has 2 aromatic rings. The Hall–Kier alpha value is -2.40. The maximum absolute atomic E-state index is 14.0. The maximum Gasteiger partial charge on any atom is 0.242 e. The average molecular weight is 363 g/mol. The molecule has 0 fully saturated rings. The summed E-state index contributed by atoms with van der Waals surface area (Å²) in [5.41, 5.74) is 1.02. The lowest BCUT2D eigenvalue weighted by Crippen LogP contribution is -2.47. The van der Waals surface area contributed by atoms with Gasteiger partial charge < -0.3 is 10.2 Å². The van der Waals surface area contributed by atoms with Crippen molar-refractivity contribution in [3.63, 3.8) is 0 Å². The lowest BCUT2D eigenvalue weighted by atomic mass is 10.1. The average Bonchev–Trinajstić information content (AvgIpc) is 2.61. The summed E-state index contributed by atoms with van der Waals surface area (Å²) in [5, 5.41) is 3.00. The fourth-order valence-electron chi connectivity index (χ4n) is 2.51. The van der Waals surface area contributed by atoms with Gasteiger partial charge in [-0.05, 0) is 24.6 Å². The van der Waals surface area contributed by atoms with Gasteiger partial charge in [-0.25, -0.2) is 4.39 Å². The molecule has 0 unspecified atom stereocenters. The Labute approximate surface area is 151 Å². The highest BCUT2D eigenvalue weighted by atomic mass is 35.5. The normalized spacial score (nSPS) is 11.7. The molecule has 0 aliphatic carbocycles. The molecule has 2 aromatic carbocycles. The molecule has 0 saturated heterocycles. The number of carbonyl (C=O) groups is 2. The number of rotatable bonds is 6. The molecule has 132 valence electrons. The SMILES string of the molecule is CNC(=O)[C@@H](C)N(Cc1ccccc1F)C(=O)Cc1ccccc1Cl. The summed E-state index contributed by atoms with van der Waals surface area (Å²) in [6.07, 6.45) is 0.0372. The molecule has 0 spiro atoms. The monoisotopic (exact) mass is 362 g/mol. The van der Waals surface area contributed by atoms with Gasteiger partial charge in [-0.1, -0.05) is 48.0 Å². The van der Waals surface area contributed by atoms with E-state index in [2.05, 4.69) is 5.32 Å². The zero-order valence-electron chi connectivity index (χ0n) is 14.1. The van der Waals surface area contributed by atoms with E-state index in [4.69, 9.17) is 11.6 Å². The Morgan fingerprint density at radius 1 is 1.12 bits per heavy atom. The van der Waals surface area contributed by atoms with Crippen LogP contribution in [0.2, 0.25) is 5.02 Å². The molecule has 4 nitrogen and oxygen atoms in total. The van der Waals surface area contributed by atoms with Crippen molar-refractivity contribution in [2.45, 2.75) is 25.9 Å². The number of likely N-dealkylation sites (N-methyl/N-ethyl adjacent to an activating group) is 1. The van der Waals surface area contributed by atoms with Crippen molar-refractivity contribution in [3.05, 3.63) is 70.5 Å².